The highest BCUT2D eigenvalue weighted by molar-refractivity contribution is 8.14. The van der Waals surface area contributed by atoms with Crippen LogP contribution >= 0.6 is 23.5 Å². The Morgan fingerprint density at radius 3 is 2.61 bits per heavy atom. The minimum absolute atomic E-state index is 0.0149. The molecule has 4 aliphatic rings. The van der Waals surface area contributed by atoms with Gasteiger partial charge in [-0.3, -0.25) is 14.6 Å². The number of allylic oxidation sites excluding steroid dienone is 1. The Bertz CT molecular complexity index is 918. The minimum Gasteiger partial charge on any atom is -0.427 e. The summed E-state index contributed by atoms with van der Waals surface area (Å²) in [4.78, 5) is 45.6. The molecule has 0 radical (unpaired) electrons. The highest BCUT2D eigenvalue weighted by Crippen LogP contribution is 2.65. The Balaban J connectivity index is 1.47. The van der Waals surface area contributed by atoms with E-state index in [4.69, 9.17) is 9.47 Å². The van der Waals surface area contributed by atoms with E-state index in [9.17, 15) is 19.5 Å². The third kappa shape index (κ3) is 4.34. The lowest BCUT2D eigenvalue weighted by atomic mass is 9.53. The second kappa shape index (κ2) is 8.92. The molecule has 182 valence electrons. The van der Waals surface area contributed by atoms with E-state index in [2.05, 4.69) is 9.89 Å². The standard InChI is InChI=1S/C23H32N2O6S2/c1-12(26)16-15-8-14(19(28)30-11-31-20(29)22(2,3)4)18(23(15,5)17(16)27)33-13-9-25(10-13)21-24-6-7-32-21/h12-13,15-16,26H,6-11H2,1-5H3/t12?,15-,16+,23+/m0/s1. The van der Waals surface area contributed by atoms with Crippen LogP contribution in [0.2, 0.25) is 0 Å². The quantitative estimate of drug-likeness (QED) is 0.438. The molecule has 4 rings (SSSR count). The number of hydrogen-bond donors (Lipinski definition) is 1. The highest BCUT2D eigenvalue weighted by Gasteiger charge is 2.66. The predicted molar refractivity (Wildman–Crippen MR) is 128 cm³/mol. The summed E-state index contributed by atoms with van der Waals surface area (Å²) in [7, 11) is 0. The van der Waals surface area contributed by atoms with Crippen molar-refractivity contribution in [2.75, 3.05) is 32.2 Å². The molecule has 2 aliphatic heterocycles. The molecule has 0 amide bonds. The van der Waals surface area contributed by atoms with Crippen LogP contribution in [0.5, 0.6) is 0 Å². The molecule has 1 N–H and O–H groups in total. The van der Waals surface area contributed by atoms with Crippen molar-refractivity contribution in [2.24, 2.45) is 27.7 Å². The van der Waals surface area contributed by atoms with Crippen molar-refractivity contribution in [3.05, 3.63) is 10.5 Å². The van der Waals surface area contributed by atoms with Gasteiger partial charge in [-0.25, -0.2) is 4.79 Å². The molecule has 0 bridgehead atoms. The number of ketones is 1. The molecular weight excluding hydrogens is 464 g/mol. The van der Waals surface area contributed by atoms with Crippen LogP contribution in [-0.4, -0.2) is 76.4 Å². The van der Waals surface area contributed by atoms with Crippen LogP contribution in [0.1, 0.15) is 41.0 Å². The topological polar surface area (TPSA) is 106 Å². The van der Waals surface area contributed by atoms with Gasteiger partial charge in [0.1, 0.15) is 5.78 Å². The molecule has 0 aromatic heterocycles. The number of aliphatic hydroxyl groups excluding tert-OH is 1. The van der Waals surface area contributed by atoms with Crippen LogP contribution in [0.25, 0.3) is 0 Å². The summed E-state index contributed by atoms with van der Waals surface area (Å²) in [5.41, 5.74) is -0.994. The van der Waals surface area contributed by atoms with Crippen LogP contribution in [0.3, 0.4) is 0 Å². The Labute approximate surface area is 202 Å². The minimum atomic E-state index is -0.775. The number of esters is 2. The average Bonchev–Trinajstić information content (AvgIpc) is 3.30. The second-order valence-electron chi connectivity index (χ2n) is 10.3. The monoisotopic (exact) mass is 496 g/mol. The van der Waals surface area contributed by atoms with E-state index in [1.165, 1.54) is 0 Å². The fourth-order valence-electron chi connectivity index (χ4n) is 4.93. The molecule has 1 saturated carbocycles. The summed E-state index contributed by atoms with van der Waals surface area (Å²) in [6.07, 6.45) is -0.382. The number of ether oxygens (including phenoxy) is 2. The number of hydrogen-bond acceptors (Lipinski definition) is 10. The van der Waals surface area contributed by atoms with Crippen molar-refractivity contribution in [2.45, 2.75) is 52.4 Å². The first-order chi connectivity index (χ1) is 15.4. The number of fused-ring (bicyclic) bond motifs is 1. The number of amidine groups is 1. The summed E-state index contributed by atoms with van der Waals surface area (Å²) in [6.45, 7) is 10.7. The fourth-order valence-corrected chi connectivity index (χ4v) is 7.46. The lowest BCUT2D eigenvalue weighted by Gasteiger charge is -2.51. The van der Waals surface area contributed by atoms with Crippen molar-refractivity contribution < 1.29 is 29.0 Å². The van der Waals surface area contributed by atoms with E-state index < -0.39 is 41.6 Å². The van der Waals surface area contributed by atoms with Crippen LogP contribution in [0.4, 0.5) is 0 Å². The lowest BCUT2D eigenvalue weighted by Crippen LogP contribution is -2.58. The zero-order chi connectivity index (χ0) is 24.1. The first kappa shape index (κ1) is 24.6. The number of carbonyl (C=O) groups excluding carboxylic acids is 3. The van der Waals surface area contributed by atoms with E-state index in [0.717, 1.165) is 35.5 Å². The van der Waals surface area contributed by atoms with Crippen molar-refractivity contribution in [1.29, 1.82) is 0 Å². The maximum absolute atomic E-state index is 13.1. The SMILES string of the molecule is CC(O)[C@H]1C(=O)[C@]2(C)C(SC3CN(C4=NCCS4)C3)=C(C(=O)OCOC(=O)C(C)(C)C)C[C@@H]12. The highest BCUT2D eigenvalue weighted by atomic mass is 32.2. The van der Waals surface area contributed by atoms with Gasteiger partial charge in [-0.1, -0.05) is 11.8 Å². The number of Topliss-reactive ketones (excluding diaryl/α,β-unsaturated/α-hetero) is 1. The van der Waals surface area contributed by atoms with E-state index in [1.54, 1.807) is 51.2 Å². The molecular formula is C23H32N2O6S2. The van der Waals surface area contributed by atoms with Crippen LogP contribution in [0, 0.1) is 22.7 Å². The predicted octanol–water partition coefficient (Wildman–Crippen LogP) is 2.46. The number of carbonyl (C=O) groups is 3. The Morgan fingerprint density at radius 1 is 1.33 bits per heavy atom. The van der Waals surface area contributed by atoms with Crippen LogP contribution in [-0.2, 0) is 23.9 Å². The number of aliphatic imine (C=N–C) groups is 1. The molecule has 33 heavy (non-hydrogen) atoms. The summed E-state index contributed by atoms with van der Waals surface area (Å²) in [6, 6.07) is 0. The lowest BCUT2D eigenvalue weighted by molar-refractivity contribution is -0.171. The van der Waals surface area contributed by atoms with Gasteiger partial charge in [0.15, 0.2) is 5.17 Å². The molecule has 0 aromatic carbocycles. The molecule has 1 saturated heterocycles. The van der Waals surface area contributed by atoms with Gasteiger partial charge in [0.25, 0.3) is 0 Å². The Kier molecular flexibility index (Phi) is 6.65. The maximum atomic E-state index is 13.1. The first-order valence-electron chi connectivity index (χ1n) is 11.3. The third-order valence-corrected chi connectivity index (χ3v) is 9.46. The van der Waals surface area contributed by atoms with Crippen molar-refractivity contribution >= 4 is 46.4 Å². The molecule has 4 atom stereocenters. The van der Waals surface area contributed by atoms with Gasteiger partial charge in [0.05, 0.1) is 23.5 Å². The van der Waals surface area contributed by atoms with Gasteiger partial charge in [-0.05, 0) is 47.0 Å². The summed E-state index contributed by atoms with van der Waals surface area (Å²) < 4.78 is 10.4. The zero-order valence-electron chi connectivity index (χ0n) is 19.8. The van der Waals surface area contributed by atoms with E-state index in [-0.39, 0.29) is 17.0 Å². The summed E-state index contributed by atoms with van der Waals surface area (Å²) >= 11 is 3.34. The number of rotatable bonds is 6. The molecule has 0 aromatic rings. The first-order valence-corrected chi connectivity index (χ1v) is 13.2. The van der Waals surface area contributed by atoms with Crippen LogP contribution in [0.15, 0.2) is 15.5 Å². The Hall–Kier alpha value is -1.52. The smallest absolute Gasteiger partial charge is 0.337 e. The molecule has 1 unspecified atom stereocenters. The van der Waals surface area contributed by atoms with Crippen molar-refractivity contribution in [1.82, 2.24) is 4.90 Å². The van der Waals surface area contributed by atoms with Gasteiger partial charge in [-0.2, -0.15) is 0 Å². The molecule has 2 aliphatic carbocycles. The molecule has 0 spiro atoms. The molecule has 8 nitrogen and oxygen atoms in total. The van der Waals surface area contributed by atoms with Gasteiger partial charge in [-0.15, -0.1) is 11.8 Å². The summed E-state index contributed by atoms with van der Waals surface area (Å²) in [5, 5.41) is 11.5. The van der Waals surface area contributed by atoms with Gasteiger partial charge >= 0.3 is 11.9 Å². The maximum Gasteiger partial charge on any atom is 0.337 e. The van der Waals surface area contributed by atoms with Gasteiger partial charge < -0.3 is 19.5 Å². The number of thioether (sulfide) groups is 2. The Morgan fingerprint density at radius 2 is 2.03 bits per heavy atom. The van der Waals surface area contributed by atoms with E-state index in [0.29, 0.717) is 12.0 Å². The van der Waals surface area contributed by atoms with E-state index >= 15 is 0 Å². The molecule has 2 fully saturated rings. The third-order valence-electron chi connectivity index (χ3n) is 6.89. The van der Waals surface area contributed by atoms with Gasteiger partial charge in [0, 0.05) is 40.5 Å². The van der Waals surface area contributed by atoms with Crippen molar-refractivity contribution in [3.63, 3.8) is 0 Å². The molecule has 2 heterocycles. The normalized spacial score (nSPS) is 30.4. The second-order valence-corrected chi connectivity index (χ2v) is 12.7. The number of aliphatic hydroxyl groups is 1. The average molecular weight is 497 g/mol. The van der Waals surface area contributed by atoms with Gasteiger partial charge in [0.2, 0.25) is 6.79 Å². The fraction of sp³-hybridized carbons (Fsp3) is 0.739. The number of likely N-dealkylation sites (tertiary alicyclic amines) is 1. The van der Waals surface area contributed by atoms with Crippen LogP contribution < -0.4 is 0 Å². The summed E-state index contributed by atoms with van der Waals surface area (Å²) in [5.74, 6) is -0.615. The zero-order valence-corrected chi connectivity index (χ0v) is 21.4. The van der Waals surface area contributed by atoms with E-state index in [1.807, 2.05) is 6.92 Å². The largest absolute Gasteiger partial charge is 0.427 e. The molecule has 10 heteroatoms. The number of nitrogens with zero attached hydrogens (tertiary/aromatic N) is 2. The van der Waals surface area contributed by atoms with Crippen molar-refractivity contribution in [3.8, 4) is 0 Å².